The number of carboxylic acid groups (broad SMARTS) is 1. The number of nitrogens with one attached hydrogen (secondary N) is 2. The number of amides is 3. The second-order valence-corrected chi connectivity index (χ2v) is 8.02. The average Bonchev–Trinajstić information content (AvgIpc) is 3.10. The molecule has 0 saturated carbocycles. The maximum Gasteiger partial charge on any atom is 0.490 e. The minimum atomic E-state index is -5.08. The van der Waals surface area contributed by atoms with Crippen LogP contribution in [0.4, 0.5) is 18.9 Å². The highest BCUT2D eigenvalue weighted by Crippen LogP contribution is 2.32. The number of hydrogen-bond acceptors (Lipinski definition) is 6. The van der Waals surface area contributed by atoms with E-state index in [-0.39, 0.29) is 24.1 Å². The predicted octanol–water partition coefficient (Wildman–Crippen LogP) is 2.40. The van der Waals surface area contributed by atoms with Crippen LogP contribution in [0.1, 0.15) is 60.9 Å². The molecule has 3 amide bonds. The quantitative estimate of drug-likeness (QED) is 0.310. The van der Waals surface area contributed by atoms with Gasteiger partial charge in [0.25, 0.3) is 5.91 Å². The Kier molecular flexibility index (Phi) is 9.84. The lowest BCUT2D eigenvalue weighted by Gasteiger charge is -2.29. The van der Waals surface area contributed by atoms with Crippen LogP contribution in [0.5, 0.6) is 0 Å². The molecule has 188 valence electrons. The van der Waals surface area contributed by atoms with Gasteiger partial charge in [-0.25, -0.2) is 4.79 Å². The SMILES string of the molecule is NCCCCCCCNc1cccc2c1CN(C1CCC(=O)NC1=O)C2=O.O=C(O)C(F)(F)F. The molecule has 2 aliphatic rings. The molecule has 1 aromatic rings. The molecule has 2 aliphatic heterocycles. The molecule has 1 saturated heterocycles. The number of aliphatic carboxylic acids is 1. The maximum absolute atomic E-state index is 12.8. The van der Waals surface area contributed by atoms with Crippen LogP contribution in [-0.4, -0.2) is 59.0 Å². The van der Waals surface area contributed by atoms with E-state index in [2.05, 4.69) is 10.6 Å². The third-order valence-electron chi connectivity index (χ3n) is 5.52. The monoisotopic (exact) mass is 486 g/mol. The summed E-state index contributed by atoms with van der Waals surface area (Å²) in [5.74, 6) is -3.54. The van der Waals surface area contributed by atoms with Crippen LogP contribution in [0.15, 0.2) is 18.2 Å². The lowest BCUT2D eigenvalue weighted by molar-refractivity contribution is -0.192. The fourth-order valence-corrected chi connectivity index (χ4v) is 3.77. The molecule has 0 aromatic heterocycles. The first-order valence-electron chi connectivity index (χ1n) is 11.1. The molecule has 5 N–H and O–H groups in total. The van der Waals surface area contributed by atoms with Crippen LogP contribution >= 0.6 is 0 Å². The Hall–Kier alpha value is -3.15. The van der Waals surface area contributed by atoms with Crippen LogP contribution < -0.4 is 16.4 Å². The van der Waals surface area contributed by atoms with Crippen molar-refractivity contribution >= 4 is 29.4 Å². The molecule has 0 radical (unpaired) electrons. The van der Waals surface area contributed by atoms with E-state index in [1.165, 1.54) is 12.8 Å². The highest BCUT2D eigenvalue weighted by Gasteiger charge is 2.40. The van der Waals surface area contributed by atoms with E-state index >= 15 is 0 Å². The van der Waals surface area contributed by atoms with Crippen molar-refractivity contribution < 1.29 is 37.5 Å². The van der Waals surface area contributed by atoms with E-state index in [1.807, 2.05) is 18.2 Å². The summed E-state index contributed by atoms with van der Waals surface area (Å²) in [5, 5.41) is 12.9. The Labute approximate surface area is 194 Å². The Balaban J connectivity index is 0.000000509. The van der Waals surface area contributed by atoms with E-state index in [4.69, 9.17) is 15.6 Å². The first-order chi connectivity index (χ1) is 16.1. The number of alkyl halides is 3. The Morgan fingerprint density at radius 1 is 1.15 bits per heavy atom. The molecule has 0 spiro atoms. The topological polar surface area (TPSA) is 142 Å². The van der Waals surface area contributed by atoms with Crippen molar-refractivity contribution in [2.24, 2.45) is 5.73 Å². The molecule has 12 heteroatoms. The van der Waals surface area contributed by atoms with Gasteiger partial charge in [0.2, 0.25) is 11.8 Å². The van der Waals surface area contributed by atoms with Crippen LogP contribution in [-0.2, 0) is 20.9 Å². The first-order valence-corrected chi connectivity index (χ1v) is 11.1. The van der Waals surface area contributed by atoms with Gasteiger partial charge in [0.1, 0.15) is 6.04 Å². The fraction of sp³-hybridized carbons (Fsp3) is 0.545. The number of rotatable bonds is 9. The number of carbonyl (C=O) groups is 4. The third kappa shape index (κ3) is 7.44. The molecule has 1 fully saturated rings. The van der Waals surface area contributed by atoms with Gasteiger partial charge in [-0.05, 0) is 37.9 Å². The number of unbranched alkanes of at least 4 members (excludes halogenated alkanes) is 4. The molecule has 1 unspecified atom stereocenters. The van der Waals surface area contributed by atoms with E-state index in [9.17, 15) is 27.6 Å². The molecule has 1 atom stereocenters. The van der Waals surface area contributed by atoms with Gasteiger partial charge in [0.15, 0.2) is 0 Å². The van der Waals surface area contributed by atoms with Crippen molar-refractivity contribution in [3.63, 3.8) is 0 Å². The predicted molar refractivity (Wildman–Crippen MR) is 117 cm³/mol. The summed E-state index contributed by atoms with van der Waals surface area (Å²) in [6.45, 7) is 2.01. The number of piperidine rings is 1. The van der Waals surface area contributed by atoms with Crippen molar-refractivity contribution in [1.29, 1.82) is 0 Å². The molecule has 2 heterocycles. The molecular weight excluding hydrogens is 457 g/mol. The van der Waals surface area contributed by atoms with Crippen molar-refractivity contribution in [2.75, 3.05) is 18.4 Å². The number of carboxylic acids is 1. The number of hydrogen-bond donors (Lipinski definition) is 4. The molecule has 1 aromatic carbocycles. The van der Waals surface area contributed by atoms with Gasteiger partial charge in [-0.1, -0.05) is 25.3 Å². The number of halogens is 3. The number of benzene rings is 1. The van der Waals surface area contributed by atoms with Gasteiger partial charge in [-0.3, -0.25) is 19.7 Å². The smallest absolute Gasteiger partial charge is 0.475 e. The number of anilines is 1. The van der Waals surface area contributed by atoms with E-state index in [1.54, 1.807) is 4.90 Å². The minimum Gasteiger partial charge on any atom is -0.475 e. The van der Waals surface area contributed by atoms with Gasteiger partial charge in [0.05, 0.1) is 0 Å². The summed E-state index contributed by atoms with van der Waals surface area (Å²) in [5.41, 5.74) is 8.05. The normalized spacial score (nSPS) is 17.6. The highest BCUT2D eigenvalue weighted by atomic mass is 19.4. The molecule has 0 bridgehead atoms. The van der Waals surface area contributed by atoms with Gasteiger partial charge in [0, 0.05) is 36.3 Å². The van der Waals surface area contributed by atoms with Gasteiger partial charge < -0.3 is 21.1 Å². The Morgan fingerprint density at radius 2 is 1.79 bits per heavy atom. The third-order valence-corrected chi connectivity index (χ3v) is 5.52. The first kappa shape index (κ1) is 27.1. The zero-order valence-electron chi connectivity index (χ0n) is 18.6. The number of carbonyl (C=O) groups excluding carboxylic acids is 3. The minimum absolute atomic E-state index is 0.134. The van der Waals surface area contributed by atoms with Gasteiger partial charge in [-0.2, -0.15) is 13.2 Å². The van der Waals surface area contributed by atoms with Crippen LogP contribution in [0, 0.1) is 0 Å². The summed E-state index contributed by atoms with van der Waals surface area (Å²) >= 11 is 0. The summed E-state index contributed by atoms with van der Waals surface area (Å²) in [6, 6.07) is 5.09. The second kappa shape index (κ2) is 12.4. The number of nitrogens with two attached hydrogens (primary N) is 1. The number of imide groups is 1. The fourth-order valence-electron chi connectivity index (χ4n) is 3.77. The average molecular weight is 486 g/mol. The Bertz CT molecular complexity index is 907. The lowest BCUT2D eigenvalue weighted by atomic mass is 10.0. The van der Waals surface area contributed by atoms with Crippen molar-refractivity contribution in [3.8, 4) is 0 Å². The Morgan fingerprint density at radius 3 is 2.41 bits per heavy atom. The molecule has 3 rings (SSSR count). The van der Waals surface area contributed by atoms with Crippen LogP contribution in [0.3, 0.4) is 0 Å². The second-order valence-electron chi connectivity index (χ2n) is 8.02. The van der Waals surface area contributed by atoms with Crippen LogP contribution in [0.2, 0.25) is 0 Å². The van der Waals surface area contributed by atoms with Crippen molar-refractivity contribution in [3.05, 3.63) is 29.3 Å². The highest BCUT2D eigenvalue weighted by molar-refractivity contribution is 6.06. The number of nitrogens with zero attached hydrogens (tertiary/aromatic N) is 1. The standard InChI is InChI=1S/C20H28N4O3.C2HF3O2/c21-11-4-2-1-3-5-12-22-16-8-6-7-14-15(16)13-24(20(14)27)17-9-10-18(25)23-19(17)26;3-2(4,5)1(6)7/h6-8,17,22H,1-5,9-13,21H2,(H,23,25,26);(H,6,7). The largest absolute Gasteiger partial charge is 0.490 e. The van der Waals surface area contributed by atoms with Crippen molar-refractivity contribution in [1.82, 2.24) is 10.2 Å². The van der Waals surface area contributed by atoms with Gasteiger partial charge in [-0.15, -0.1) is 0 Å². The zero-order chi connectivity index (χ0) is 25.3. The van der Waals surface area contributed by atoms with E-state index in [0.29, 0.717) is 18.5 Å². The van der Waals surface area contributed by atoms with Gasteiger partial charge >= 0.3 is 12.1 Å². The molecule has 34 heavy (non-hydrogen) atoms. The number of fused-ring (bicyclic) bond motifs is 1. The zero-order valence-corrected chi connectivity index (χ0v) is 18.6. The molecule has 9 nitrogen and oxygen atoms in total. The summed E-state index contributed by atoms with van der Waals surface area (Å²) in [7, 11) is 0. The van der Waals surface area contributed by atoms with E-state index in [0.717, 1.165) is 43.6 Å². The van der Waals surface area contributed by atoms with Crippen LogP contribution in [0.25, 0.3) is 0 Å². The maximum atomic E-state index is 12.8. The van der Waals surface area contributed by atoms with Crippen molar-refractivity contribution in [2.45, 2.75) is 63.7 Å². The molecular formula is C22H29F3N4O5. The lowest BCUT2D eigenvalue weighted by Crippen LogP contribution is -2.52. The summed E-state index contributed by atoms with van der Waals surface area (Å²) in [4.78, 5) is 46.8. The van der Waals surface area contributed by atoms with E-state index < -0.39 is 18.2 Å². The molecule has 0 aliphatic carbocycles. The summed E-state index contributed by atoms with van der Waals surface area (Å²) < 4.78 is 31.7. The summed E-state index contributed by atoms with van der Waals surface area (Å²) in [6.07, 6.45) is 1.24.